The molecule has 0 spiro atoms. The van der Waals surface area contributed by atoms with Crippen LogP contribution < -0.4 is 22.4 Å². The molecule has 0 atom stereocenters. The van der Waals surface area contributed by atoms with Gasteiger partial charge in [0.25, 0.3) is 5.56 Å². The highest BCUT2D eigenvalue weighted by Crippen LogP contribution is 1.88. The number of rotatable bonds is 1. The van der Waals surface area contributed by atoms with Gasteiger partial charge < -0.3 is 5.73 Å². The molecular formula is C7H10N4O3. The Kier molecular flexibility index (Phi) is 2.41. The lowest BCUT2D eigenvalue weighted by Crippen LogP contribution is -2.43. The molecule has 0 aromatic carbocycles. The van der Waals surface area contributed by atoms with E-state index in [-0.39, 0.29) is 5.82 Å². The fraction of sp³-hybridized carbons (Fsp3) is 0.286. The molecule has 0 aliphatic rings. The van der Waals surface area contributed by atoms with Crippen LogP contribution in [0.5, 0.6) is 0 Å². The molecule has 3 N–H and O–H groups in total. The zero-order valence-electron chi connectivity index (χ0n) is 7.77. The van der Waals surface area contributed by atoms with Crippen molar-refractivity contribution in [2.75, 3.05) is 11.2 Å². The summed E-state index contributed by atoms with van der Waals surface area (Å²) in [6.45, 7) is 1.23. The van der Waals surface area contributed by atoms with Crippen LogP contribution >= 0.6 is 0 Å². The Bertz CT molecular complexity index is 485. The van der Waals surface area contributed by atoms with Gasteiger partial charge in [0.05, 0.1) is 0 Å². The highest BCUT2D eigenvalue weighted by molar-refractivity contribution is 5.81. The molecule has 1 heterocycles. The van der Waals surface area contributed by atoms with E-state index in [1.807, 2.05) is 0 Å². The van der Waals surface area contributed by atoms with Crippen LogP contribution in [0.25, 0.3) is 0 Å². The van der Waals surface area contributed by atoms with Crippen molar-refractivity contribution in [3.63, 3.8) is 0 Å². The van der Waals surface area contributed by atoms with Crippen molar-refractivity contribution in [1.29, 1.82) is 0 Å². The van der Waals surface area contributed by atoms with Gasteiger partial charge in [-0.1, -0.05) is 0 Å². The quantitative estimate of drug-likeness (QED) is 0.557. The highest BCUT2D eigenvalue weighted by Gasteiger charge is 2.06. The molecule has 0 bridgehead atoms. The lowest BCUT2D eigenvalue weighted by molar-refractivity contribution is -0.115. The number of nitrogens with two attached hydrogens (primary N) is 1. The van der Waals surface area contributed by atoms with Gasteiger partial charge in [0.15, 0.2) is 0 Å². The predicted molar refractivity (Wildman–Crippen MR) is 50.4 cm³/mol. The second-order valence-electron chi connectivity index (χ2n) is 2.75. The first-order valence-corrected chi connectivity index (χ1v) is 3.79. The fourth-order valence-electron chi connectivity index (χ4n) is 0.912. The molecule has 7 heteroatoms. The van der Waals surface area contributed by atoms with Gasteiger partial charge in [0.1, 0.15) is 5.82 Å². The number of hydrogen-bond acceptors (Lipinski definition) is 4. The van der Waals surface area contributed by atoms with E-state index in [0.717, 1.165) is 15.3 Å². The van der Waals surface area contributed by atoms with E-state index in [9.17, 15) is 14.4 Å². The van der Waals surface area contributed by atoms with E-state index >= 15 is 0 Å². The predicted octanol–water partition coefficient (Wildman–Crippen LogP) is -1.78. The second kappa shape index (κ2) is 3.36. The summed E-state index contributed by atoms with van der Waals surface area (Å²) >= 11 is 0. The van der Waals surface area contributed by atoms with Crippen molar-refractivity contribution in [3.8, 4) is 0 Å². The van der Waals surface area contributed by atoms with Gasteiger partial charge in [-0.3, -0.25) is 19.6 Å². The number of aromatic nitrogens is 2. The zero-order chi connectivity index (χ0) is 10.9. The number of anilines is 1. The van der Waals surface area contributed by atoms with Gasteiger partial charge in [-0.2, -0.15) is 4.68 Å². The summed E-state index contributed by atoms with van der Waals surface area (Å²) in [4.78, 5) is 33.1. The average molecular weight is 198 g/mol. The average Bonchev–Trinajstić information content (AvgIpc) is 2.09. The highest BCUT2D eigenvalue weighted by atomic mass is 16.2. The minimum absolute atomic E-state index is 0.103. The minimum atomic E-state index is -0.690. The molecule has 1 amide bonds. The second-order valence-corrected chi connectivity index (χ2v) is 2.75. The van der Waals surface area contributed by atoms with E-state index in [0.29, 0.717) is 0 Å². The van der Waals surface area contributed by atoms with Crippen LogP contribution in [0.1, 0.15) is 6.92 Å². The van der Waals surface area contributed by atoms with Gasteiger partial charge >= 0.3 is 5.69 Å². The molecule has 7 nitrogen and oxygen atoms in total. The van der Waals surface area contributed by atoms with Crippen LogP contribution in [0.3, 0.4) is 0 Å². The van der Waals surface area contributed by atoms with Gasteiger partial charge in [-0.25, -0.2) is 4.79 Å². The monoisotopic (exact) mass is 198 g/mol. The van der Waals surface area contributed by atoms with Gasteiger partial charge in [0, 0.05) is 20.0 Å². The number of hydrogen-bond donors (Lipinski definition) is 2. The summed E-state index contributed by atoms with van der Waals surface area (Å²) in [5.41, 5.74) is 6.36. The van der Waals surface area contributed by atoms with Crippen molar-refractivity contribution in [1.82, 2.24) is 9.24 Å². The number of amides is 1. The SMILES string of the molecule is CC(=O)Nn1c(N)cc(=O)n(C)c1=O. The summed E-state index contributed by atoms with van der Waals surface area (Å²) in [6.07, 6.45) is 0. The summed E-state index contributed by atoms with van der Waals surface area (Å²) in [5.74, 6) is -0.550. The van der Waals surface area contributed by atoms with E-state index in [1.54, 1.807) is 0 Å². The molecule has 0 saturated heterocycles. The molecule has 76 valence electrons. The van der Waals surface area contributed by atoms with Gasteiger partial charge in [-0.05, 0) is 0 Å². The fourth-order valence-corrected chi connectivity index (χ4v) is 0.912. The number of nitrogens with one attached hydrogen (secondary N) is 1. The molecule has 0 unspecified atom stereocenters. The maximum Gasteiger partial charge on any atom is 0.351 e. The Morgan fingerprint density at radius 1 is 1.50 bits per heavy atom. The van der Waals surface area contributed by atoms with Crippen LogP contribution in [0.2, 0.25) is 0 Å². The maximum absolute atomic E-state index is 11.4. The van der Waals surface area contributed by atoms with Gasteiger partial charge in [0.2, 0.25) is 5.91 Å². The van der Waals surface area contributed by atoms with Crippen molar-refractivity contribution in [2.24, 2.45) is 7.05 Å². The number of carbonyl (C=O) groups excluding carboxylic acids is 1. The lowest BCUT2D eigenvalue weighted by atomic mass is 10.5. The normalized spacial score (nSPS) is 9.86. The molecular weight excluding hydrogens is 188 g/mol. The first-order chi connectivity index (χ1) is 6.43. The number of nitrogens with zero attached hydrogens (tertiary/aromatic N) is 2. The molecule has 0 radical (unpaired) electrons. The maximum atomic E-state index is 11.4. The molecule has 1 aromatic rings. The standard InChI is InChI=1S/C7H10N4O3/c1-4(12)9-11-5(8)3-6(13)10(2)7(11)14/h3H,8H2,1-2H3,(H,9,12). The van der Waals surface area contributed by atoms with Crippen LogP contribution in [-0.4, -0.2) is 15.2 Å². The summed E-state index contributed by atoms with van der Waals surface area (Å²) < 4.78 is 1.65. The molecule has 0 fully saturated rings. The first-order valence-electron chi connectivity index (χ1n) is 3.79. The topological polar surface area (TPSA) is 99.1 Å². The van der Waals surface area contributed by atoms with E-state index in [4.69, 9.17) is 5.73 Å². The Balaban J connectivity index is 3.44. The Labute approximate surface area is 78.7 Å². The molecule has 1 rings (SSSR count). The third-order valence-electron chi connectivity index (χ3n) is 1.61. The van der Waals surface area contributed by atoms with E-state index in [1.165, 1.54) is 14.0 Å². The molecule has 1 aromatic heterocycles. The van der Waals surface area contributed by atoms with Crippen LogP contribution in [0.15, 0.2) is 15.7 Å². The third kappa shape index (κ3) is 1.65. The van der Waals surface area contributed by atoms with Crippen molar-refractivity contribution >= 4 is 11.7 Å². The van der Waals surface area contributed by atoms with Crippen LogP contribution in [0, 0.1) is 0 Å². The third-order valence-corrected chi connectivity index (χ3v) is 1.61. The molecule has 0 aliphatic carbocycles. The van der Waals surface area contributed by atoms with E-state index in [2.05, 4.69) is 5.43 Å². The summed E-state index contributed by atoms with van der Waals surface area (Å²) in [7, 11) is 1.29. The first kappa shape index (κ1) is 10.0. The van der Waals surface area contributed by atoms with Crippen molar-refractivity contribution in [3.05, 3.63) is 26.9 Å². The Morgan fingerprint density at radius 3 is 2.57 bits per heavy atom. The lowest BCUT2D eigenvalue weighted by Gasteiger charge is -2.09. The minimum Gasteiger partial charge on any atom is -0.383 e. The molecule has 14 heavy (non-hydrogen) atoms. The van der Waals surface area contributed by atoms with Crippen molar-refractivity contribution in [2.45, 2.75) is 6.92 Å². The summed E-state index contributed by atoms with van der Waals surface area (Å²) in [6, 6.07) is 1.05. The molecule has 0 aliphatic heterocycles. The van der Waals surface area contributed by atoms with Crippen LogP contribution in [0.4, 0.5) is 5.82 Å². The van der Waals surface area contributed by atoms with Gasteiger partial charge in [-0.15, -0.1) is 0 Å². The zero-order valence-corrected chi connectivity index (χ0v) is 7.77. The summed E-state index contributed by atoms with van der Waals surface area (Å²) in [5, 5.41) is 0. The van der Waals surface area contributed by atoms with Crippen LogP contribution in [-0.2, 0) is 11.8 Å². The van der Waals surface area contributed by atoms with Crippen molar-refractivity contribution < 1.29 is 4.79 Å². The Morgan fingerprint density at radius 2 is 2.07 bits per heavy atom. The smallest absolute Gasteiger partial charge is 0.351 e. The number of nitrogen functional groups attached to an aromatic ring is 1. The number of carbonyl (C=O) groups is 1. The molecule has 0 saturated carbocycles. The largest absolute Gasteiger partial charge is 0.383 e. The Hall–Kier alpha value is -2.05. The van der Waals surface area contributed by atoms with E-state index < -0.39 is 17.2 Å².